The van der Waals surface area contributed by atoms with Gasteiger partial charge in [-0.2, -0.15) is 0 Å². The van der Waals surface area contributed by atoms with E-state index in [1.165, 1.54) is 11.8 Å². The first-order chi connectivity index (χ1) is 14.2. The highest BCUT2D eigenvalue weighted by molar-refractivity contribution is 7.99. The molecule has 0 spiro atoms. The largest absolute Gasteiger partial charge is 0.405 e. The Morgan fingerprint density at radius 2 is 1.37 bits per heavy atom. The first-order valence-corrected chi connectivity index (χ1v) is 13.4. The summed E-state index contributed by atoms with van der Waals surface area (Å²) in [7, 11) is -2.78. The van der Waals surface area contributed by atoms with Crippen LogP contribution >= 0.6 is 11.8 Å². The average Bonchev–Trinajstić information content (AvgIpc) is 2.74. The van der Waals surface area contributed by atoms with Crippen molar-refractivity contribution in [3.8, 4) is 0 Å². The Balaban J connectivity index is 2.00. The number of thioether (sulfide) groups is 1. The second-order valence-corrected chi connectivity index (χ2v) is 14.0. The van der Waals surface area contributed by atoms with Crippen LogP contribution in [-0.4, -0.2) is 66.4 Å². The molecule has 1 fully saturated rings. The number of hydrogen-bond acceptors (Lipinski definition) is 6. The number of aliphatic hydroxyl groups excluding tert-OH is 3. The molecule has 1 aliphatic heterocycles. The van der Waals surface area contributed by atoms with E-state index in [1.54, 1.807) is 6.26 Å². The van der Waals surface area contributed by atoms with Crippen molar-refractivity contribution in [2.75, 3.05) is 12.9 Å². The lowest BCUT2D eigenvalue weighted by Gasteiger charge is -2.45. The normalized spacial score (nSPS) is 27.8. The topological polar surface area (TPSA) is 79.2 Å². The maximum Gasteiger partial charge on any atom is 0.261 e. The van der Waals surface area contributed by atoms with Crippen molar-refractivity contribution in [2.45, 2.75) is 55.7 Å². The van der Waals surface area contributed by atoms with Crippen LogP contribution in [0.1, 0.15) is 20.8 Å². The Hall–Kier alpha value is -1.19. The first kappa shape index (κ1) is 23.5. The Morgan fingerprint density at radius 1 is 0.867 bits per heavy atom. The Bertz CT molecular complexity index is 757. The van der Waals surface area contributed by atoms with Gasteiger partial charge < -0.3 is 24.5 Å². The number of hydrogen-bond donors (Lipinski definition) is 3. The zero-order valence-corrected chi connectivity index (χ0v) is 19.8. The second kappa shape index (κ2) is 9.52. The fourth-order valence-corrected chi connectivity index (χ4v) is 9.48. The third-order valence-corrected chi connectivity index (χ3v) is 11.6. The summed E-state index contributed by atoms with van der Waals surface area (Å²) in [5, 5.41) is 33.1. The van der Waals surface area contributed by atoms with Crippen LogP contribution in [-0.2, 0) is 9.16 Å². The lowest BCUT2D eigenvalue weighted by atomic mass is 10.0. The van der Waals surface area contributed by atoms with Crippen LogP contribution in [0.5, 0.6) is 0 Å². The molecule has 3 rings (SSSR count). The van der Waals surface area contributed by atoms with Crippen molar-refractivity contribution in [3.63, 3.8) is 0 Å². The van der Waals surface area contributed by atoms with E-state index in [9.17, 15) is 15.3 Å². The van der Waals surface area contributed by atoms with E-state index in [-0.39, 0.29) is 11.6 Å². The van der Waals surface area contributed by atoms with Crippen molar-refractivity contribution < 1.29 is 24.5 Å². The lowest BCUT2D eigenvalue weighted by Crippen LogP contribution is -2.68. The molecule has 2 unspecified atom stereocenters. The highest BCUT2D eigenvalue weighted by Crippen LogP contribution is 2.37. The van der Waals surface area contributed by atoms with Crippen molar-refractivity contribution in [1.29, 1.82) is 0 Å². The highest BCUT2D eigenvalue weighted by Gasteiger charge is 2.52. The van der Waals surface area contributed by atoms with Crippen molar-refractivity contribution in [3.05, 3.63) is 60.7 Å². The van der Waals surface area contributed by atoms with Crippen LogP contribution in [0.3, 0.4) is 0 Å². The minimum atomic E-state index is -2.78. The number of benzene rings is 2. The van der Waals surface area contributed by atoms with Gasteiger partial charge in [0.25, 0.3) is 8.32 Å². The monoisotopic (exact) mass is 448 g/mol. The molecule has 1 heterocycles. The van der Waals surface area contributed by atoms with Crippen LogP contribution in [0.4, 0.5) is 0 Å². The standard InChI is InChI=1S/C23H32O5SSi/c1-23(2,3)30(16-11-7-5-8-12-16,17-13-9-6-10-14-17)27-15-18-19(24)20(25)21(26)22(28-18)29-4/h5-14,18-22,24-26H,15H2,1-4H3/t18?,19-,20-,21+,22?/m0/s1. The smallest absolute Gasteiger partial charge is 0.261 e. The van der Waals surface area contributed by atoms with E-state index in [0.29, 0.717) is 0 Å². The van der Waals surface area contributed by atoms with Gasteiger partial charge in [-0.15, -0.1) is 11.8 Å². The van der Waals surface area contributed by atoms with Gasteiger partial charge in [-0.05, 0) is 21.7 Å². The molecule has 2 aromatic rings. The summed E-state index contributed by atoms with van der Waals surface area (Å²) < 4.78 is 12.7. The molecule has 2 aromatic carbocycles. The quantitative estimate of drug-likeness (QED) is 0.584. The van der Waals surface area contributed by atoms with Crippen LogP contribution < -0.4 is 10.4 Å². The van der Waals surface area contributed by atoms with Crippen LogP contribution in [0.25, 0.3) is 0 Å². The number of rotatable bonds is 6. The summed E-state index contributed by atoms with van der Waals surface area (Å²) in [4.78, 5) is 0. The second-order valence-electron chi connectivity index (χ2n) is 8.72. The number of aliphatic hydroxyl groups is 3. The molecule has 0 amide bonds. The Morgan fingerprint density at radius 3 is 1.80 bits per heavy atom. The van der Waals surface area contributed by atoms with Crippen molar-refractivity contribution >= 4 is 30.5 Å². The lowest BCUT2D eigenvalue weighted by molar-refractivity contribution is -0.204. The van der Waals surface area contributed by atoms with Gasteiger partial charge in [0.05, 0.1) is 6.61 Å². The minimum absolute atomic E-state index is 0.120. The van der Waals surface area contributed by atoms with Gasteiger partial charge in [0.1, 0.15) is 29.9 Å². The van der Waals surface area contributed by atoms with E-state index in [0.717, 1.165) is 10.4 Å². The average molecular weight is 449 g/mol. The van der Waals surface area contributed by atoms with Gasteiger partial charge in [-0.1, -0.05) is 81.4 Å². The molecule has 5 nitrogen and oxygen atoms in total. The zero-order chi connectivity index (χ0) is 21.9. The van der Waals surface area contributed by atoms with Gasteiger partial charge in [-0.25, -0.2) is 0 Å². The molecular weight excluding hydrogens is 416 g/mol. The van der Waals surface area contributed by atoms with Crippen molar-refractivity contribution in [1.82, 2.24) is 0 Å². The van der Waals surface area contributed by atoms with E-state index in [1.807, 2.05) is 36.4 Å². The molecule has 1 saturated heterocycles. The molecule has 1 aliphatic rings. The molecule has 0 aromatic heterocycles. The maximum atomic E-state index is 10.6. The van der Waals surface area contributed by atoms with Crippen LogP contribution in [0.2, 0.25) is 5.04 Å². The summed E-state index contributed by atoms with van der Waals surface area (Å²) in [5.41, 5.74) is -0.615. The summed E-state index contributed by atoms with van der Waals surface area (Å²) in [6.07, 6.45) is -2.56. The molecule has 7 heteroatoms. The molecule has 0 bridgehead atoms. The zero-order valence-electron chi connectivity index (χ0n) is 17.9. The first-order valence-electron chi connectivity index (χ1n) is 10.2. The molecule has 0 saturated carbocycles. The van der Waals surface area contributed by atoms with Crippen LogP contribution in [0.15, 0.2) is 60.7 Å². The minimum Gasteiger partial charge on any atom is -0.405 e. The summed E-state index contributed by atoms with van der Waals surface area (Å²) in [5.74, 6) is 0. The van der Waals surface area contributed by atoms with Crippen LogP contribution in [0, 0.1) is 0 Å². The molecular formula is C23H32O5SSi. The van der Waals surface area contributed by atoms with Gasteiger partial charge in [0, 0.05) is 0 Å². The van der Waals surface area contributed by atoms with E-state index >= 15 is 0 Å². The third kappa shape index (κ3) is 4.39. The summed E-state index contributed by atoms with van der Waals surface area (Å²) in [6.45, 7) is 6.66. The molecule has 0 aliphatic carbocycles. The fraction of sp³-hybridized carbons (Fsp3) is 0.478. The predicted molar refractivity (Wildman–Crippen MR) is 124 cm³/mol. The van der Waals surface area contributed by atoms with E-state index in [2.05, 4.69) is 45.0 Å². The fourth-order valence-electron chi connectivity index (χ4n) is 4.22. The summed E-state index contributed by atoms with van der Waals surface area (Å²) in [6, 6.07) is 20.5. The maximum absolute atomic E-state index is 10.6. The van der Waals surface area contributed by atoms with Gasteiger partial charge in [-0.3, -0.25) is 0 Å². The molecule has 0 radical (unpaired) electrons. The van der Waals surface area contributed by atoms with E-state index < -0.39 is 38.2 Å². The molecule has 3 N–H and O–H groups in total. The van der Waals surface area contributed by atoms with Gasteiger partial charge in [0.2, 0.25) is 0 Å². The molecule has 164 valence electrons. The van der Waals surface area contributed by atoms with Gasteiger partial charge >= 0.3 is 0 Å². The predicted octanol–water partition coefficient (Wildman–Crippen LogP) is 1.73. The Labute approximate surface area is 184 Å². The summed E-state index contributed by atoms with van der Waals surface area (Å²) >= 11 is 1.31. The number of ether oxygens (including phenoxy) is 1. The molecule has 5 atom stereocenters. The SMILES string of the molecule is CSC1OC(CO[Si](c2ccccc2)(c2ccccc2)C(C)(C)C)[C@H](O)[C@H](O)[C@H]1O. The highest BCUT2D eigenvalue weighted by atomic mass is 32.2. The third-order valence-electron chi connectivity index (χ3n) is 5.78. The van der Waals surface area contributed by atoms with E-state index in [4.69, 9.17) is 9.16 Å². The Kier molecular flexibility index (Phi) is 7.45. The molecule has 30 heavy (non-hydrogen) atoms. The van der Waals surface area contributed by atoms with Gasteiger partial charge in [0.15, 0.2) is 0 Å². The van der Waals surface area contributed by atoms with Crippen molar-refractivity contribution in [2.24, 2.45) is 0 Å².